The smallest absolute Gasteiger partial charge is 0.272 e. The van der Waals surface area contributed by atoms with Crippen molar-refractivity contribution in [3.05, 3.63) is 66.2 Å². The fourth-order valence-corrected chi connectivity index (χ4v) is 2.56. The third-order valence-corrected chi connectivity index (χ3v) is 3.94. The van der Waals surface area contributed by atoms with Crippen LogP contribution in [-0.2, 0) is 6.54 Å². The van der Waals surface area contributed by atoms with Gasteiger partial charge in [-0.25, -0.2) is 0 Å². The van der Waals surface area contributed by atoms with E-state index in [1.807, 2.05) is 24.3 Å². The van der Waals surface area contributed by atoms with E-state index in [0.717, 1.165) is 11.3 Å². The summed E-state index contributed by atoms with van der Waals surface area (Å²) in [5, 5.41) is 13.5. The van der Waals surface area contributed by atoms with Crippen molar-refractivity contribution < 1.29 is 18.5 Å². The molecule has 1 aromatic carbocycles. The van der Waals surface area contributed by atoms with Crippen molar-refractivity contribution in [3.63, 3.8) is 0 Å². The van der Waals surface area contributed by atoms with Crippen LogP contribution < -0.4 is 10.1 Å². The summed E-state index contributed by atoms with van der Waals surface area (Å²) in [4.78, 5) is 12.3. The largest absolute Gasteiger partial charge is 0.497 e. The molecule has 27 heavy (non-hydrogen) atoms. The first-order chi connectivity index (χ1) is 13.2. The summed E-state index contributed by atoms with van der Waals surface area (Å²) in [6.45, 7) is 0.218. The number of nitrogens with one attached hydrogen (secondary N) is 2. The van der Waals surface area contributed by atoms with Crippen LogP contribution in [0.15, 0.2) is 63.7 Å². The van der Waals surface area contributed by atoms with E-state index in [1.54, 1.807) is 37.6 Å². The van der Waals surface area contributed by atoms with Crippen LogP contribution in [0.2, 0.25) is 0 Å². The van der Waals surface area contributed by atoms with E-state index in [0.29, 0.717) is 22.9 Å². The number of furan rings is 1. The van der Waals surface area contributed by atoms with Crippen molar-refractivity contribution in [2.24, 2.45) is 0 Å². The van der Waals surface area contributed by atoms with Crippen LogP contribution in [0, 0.1) is 0 Å². The lowest BCUT2D eigenvalue weighted by Crippen LogP contribution is -2.23. The van der Waals surface area contributed by atoms with Crippen LogP contribution in [0.25, 0.3) is 22.8 Å². The van der Waals surface area contributed by atoms with Gasteiger partial charge in [0, 0.05) is 17.7 Å². The van der Waals surface area contributed by atoms with Crippen molar-refractivity contribution >= 4 is 5.91 Å². The molecule has 0 aliphatic rings. The number of benzene rings is 1. The standard InChI is InChI=1S/C19H16N4O4/c1-25-14-5-2-4-12(8-14)18-9-13(23-27-18)11-20-19(24)16-10-15(21-22-16)17-6-3-7-26-17/h2-10H,11H2,1H3,(H,20,24)(H,21,22). The summed E-state index contributed by atoms with van der Waals surface area (Å²) in [5.74, 6) is 1.61. The Morgan fingerprint density at radius 1 is 1.19 bits per heavy atom. The normalized spacial score (nSPS) is 10.7. The van der Waals surface area contributed by atoms with Crippen LogP contribution in [0.1, 0.15) is 16.2 Å². The molecule has 0 spiro atoms. The Morgan fingerprint density at radius 3 is 2.93 bits per heavy atom. The minimum atomic E-state index is -0.324. The third kappa shape index (κ3) is 3.59. The Kier molecular flexibility index (Phi) is 4.44. The Hall–Kier alpha value is -3.81. The minimum Gasteiger partial charge on any atom is -0.497 e. The average Bonchev–Trinajstić information content (AvgIpc) is 3.47. The molecule has 0 bridgehead atoms. The molecule has 0 saturated heterocycles. The third-order valence-electron chi connectivity index (χ3n) is 3.94. The average molecular weight is 364 g/mol. The number of hydrogen-bond acceptors (Lipinski definition) is 6. The van der Waals surface area contributed by atoms with Crippen LogP contribution in [0.4, 0.5) is 0 Å². The predicted octanol–water partition coefficient (Wildman–Crippen LogP) is 3.26. The molecule has 0 saturated carbocycles. The molecule has 1 amide bonds. The number of amides is 1. The number of methoxy groups -OCH3 is 1. The van der Waals surface area contributed by atoms with E-state index in [9.17, 15) is 4.79 Å². The van der Waals surface area contributed by atoms with Gasteiger partial charge in [0.15, 0.2) is 17.2 Å². The van der Waals surface area contributed by atoms with Gasteiger partial charge in [0.05, 0.1) is 19.9 Å². The zero-order chi connectivity index (χ0) is 18.6. The fourth-order valence-electron chi connectivity index (χ4n) is 2.56. The van der Waals surface area contributed by atoms with E-state index < -0.39 is 0 Å². The van der Waals surface area contributed by atoms with Crippen molar-refractivity contribution in [3.8, 4) is 28.5 Å². The topological polar surface area (TPSA) is 106 Å². The number of rotatable bonds is 6. The lowest BCUT2D eigenvalue weighted by Gasteiger charge is -2.00. The van der Waals surface area contributed by atoms with Crippen LogP contribution in [-0.4, -0.2) is 28.4 Å². The maximum atomic E-state index is 12.3. The number of aromatic nitrogens is 3. The summed E-state index contributed by atoms with van der Waals surface area (Å²) in [5.41, 5.74) is 2.34. The zero-order valence-electron chi connectivity index (χ0n) is 14.4. The van der Waals surface area contributed by atoms with Gasteiger partial charge < -0.3 is 19.0 Å². The summed E-state index contributed by atoms with van der Waals surface area (Å²) in [6, 6.07) is 14.4. The summed E-state index contributed by atoms with van der Waals surface area (Å²) in [7, 11) is 1.60. The van der Waals surface area contributed by atoms with Crippen molar-refractivity contribution in [1.29, 1.82) is 0 Å². The summed E-state index contributed by atoms with van der Waals surface area (Å²) in [6.07, 6.45) is 1.56. The number of nitrogens with zero attached hydrogens (tertiary/aromatic N) is 2. The molecule has 3 heterocycles. The number of H-pyrrole nitrogens is 1. The van der Waals surface area contributed by atoms with Crippen molar-refractivity contribution in [2.75, 3.05) is 7.11 Å². The molecular formula is C19H16N4O4. The molecule has 0 aliphatic carbocycles. The number of carbonyl (C=O) groups excluding carboxylic acids is 1. The van der Waals surface area contributed by atoms with Crippen LogP contribution in [0.5, 0.6) is 5.75 Å². The molecule has 4 aromatic rings. The summed E-state index contributed by atoms with van der Waals surface area (Å²) >= 11 is 0. The molecule has 0 atom stereocenters. The second-order valence-corrected chi connectivity index (χ2v) is 5.74. The van der Waals surface area contributed by atoms with E-state index in [4.69, 9.17) is 13.7 Å². The highest BCUT2D eigenvalue weighted by Crippen LogP contribution is 2.24. The molecule has 3 aromatic heterocycles. The van der Waals surface area contributed by atoms with E-state index in [1.165, 1.54) is 0 Å². The van der Waals surface area contributed by atoms with Gasteiger partial charge in [-0.3, -0.25) is 9.89 Å². The Balaban J connectivity index is 1.40. The number of carbonyl (C=O) groups is 1. The quantitative estimate of drug-likeness (QED) is 0.544. The van der Waals surface area contributed by atoms with Crippen LogP contribution in [0.3, 0.4) is 0 Å². The van der Waals surface area contributed by atoms with Gasteiger partial charge in [-0.2, -0.15) is 5.10 Å². The Bertz CT molecular complexity index is 1050. The molecule has 8 heteroatoms. The SMILES string of the molecule is COc1cccc(-c2cc(CNC(=O)c3cc(-c4ccco4)[nH]n3)no2)c1. The highest BCUT2D eigenvalue weighted by Gasteiger charge is 2.14. The fraction of sp³-hybridized carbons (Fsp3) is 0.105. The number of hydrogen-bond donors (Lipinski definition) is 2. The van der Waals surface area contributed by atoms with Gasteiger partial charge in [-0.05, 0) is 24.3 Å². The molecule has 0 unspecified atom stereocenters. The van der Waals surface area contributed by atoms with Gasteiger partial charge in [0.25, 0.3) is 5.91 Å². The zero-order valence-corrected chi connectivity index (χ0v) is 14.4. The predicted molar refractivity (Wildman–Crippen MR) is 96.0 cm³/mol. The second kappa shape index (κ2) is 7.20. The first-order valence-electron chi connectivity index (χ1n) is 8.20. The molecule has 0 radical (unpaired) electrons. The number of aromatic amines is 1. The minimum absolute atomic E-state index is 0.218. The first-order valence-corrected chi connectivity index (χ1v) is 8.20. The van der Waals surface area contributed by atoms with E-state index in [2.05, 4.69) is 20.7 Å². The second-order valence-electron chi connectivity index (χ2n) is 5.74. The van der Waals surface area contributed by atoms with Crippen LogP contribution >= 0.6 is 0 Å². The summed E-state index contributed by atoms with van der Waals surface area (Å²) < 4.78 is 15.8. The van der Waals surface area contributed by atoms with Crippen molar-refractivity contribution in [2.45, 2.75) is 6.54 Å². The highest BCUT2D eigenvalue weighted by molar-refractivity contribution is 5.93. The molecule has 8 nitrogen and oxygen atoms in total. The van der Waals surface area contributed by atoms with Gasteiger partial charge >= 0.3 is 0 Å². The maximum absolute atomic E-state index is 12.3. The maximum Gasteiger partial charge on any atom is 0.272 e. The van der Waals surface area contributed by atoms with E-state index >= 15 is 0 Å². The molecule has 4 rings (SSSR count). The first kappa shape index (κ1) is 16.6. The number of ether oxygens (including phenoxy) is 1. The molecule has 0 fully saturated rings. The van der Waals surface area contributed by atoms with Gasteiger partial charge in [0.1, 0.15) is 17.1 Å². The molecule has 2 N–H and O–H groups in total. The lowest BCUT2D eigenvalue weighted by atomic mass is 10.1. The molecular weight excluding hydrogens is 348 g/mol. The molecule has 0 aliphatic heterocycles. The van der Waals surface area contributed by atoms with Gasteiger partial charge in [-0.15, -0.1) is 0 Å². The molecule has 136 valence electrons. The Labute approximate surface area is 154 Å². The van der Waals surface area contributed by atoms with E-state index in [-0.39, 0.29) is 18.1 Å². The van der Waals surface area contributed by atoms with Crippen molar-refractivity contribution in [1.82, 2.24) is 20.7 Å². The van der Waals surface area contributed by atoms with Gasteiger partial charge in [-0.1, -0.05) is 17.3 Å². The monoisotopic (exact) mass is 364 g/mol. The lowest BCUT2D eigenvalue weighted by molar-refractivity contribution is 0.0945. The van der Waals surface area contributed by atoms with Gasteiger partial charge in [0.2, 0.25) is 0 Å². The highest BCUT2D eigenvalue weighted by atomic mass is 16.5. The Morgan fingerprint density at radius 2 is 2.11 bits per heavy atom.